The monoisotopic (exact) mass is 216 g/mol. The lowest BCUT2D eigenvalue weighted by Gasteiger charge is -2.63. The van der Waals surface area contributed by atoms with Gasteiger partial charge in [0, 0.05) is 12.3 Å². The zero-order valence-corrected chi connectivity index (χ0v) is 9.77. The minimum absolute atomic E-state index is 0.499. The van der Waals surface area contributed by atoms with E-state index in [9.17, 15) is 4.79 Å². The summed E-state index contributed by atoms with van der Waals surface area (Å²) in [5.41, 5.74) is 0. The van der Waals surface area contributed by atoms with E-state index in [0.717, 1.165) is 47.8 Å². The number of carbonyl (C=O) groups is 1. The van der Waals surface area contributed by atoms with Gasteiger partial charge >= 0.3 is 0 Å². The number of fused-ring (bicyclic) bond motifs is 1. The van der Waals surface area contributed by atoms with Crippen molar-refractivity contribution >= 4 is 5.78 Å². The fraction of sp³-hybridized carbons (Fsp3) is 0.933. The van der Waals surface area contributed by atoms with E-state index < -0.39 is 0 Å². The molecule has 7 fully saturated rings. The predicted octanol–water partition coefficient (Wildman–Crippen LogP) is 2.89. The molecule has 0 radical (unpaired) electrons. The van der Waals surface area contributed by atoms with E-state index in [0.29, 0.717) is 11.7 Å². The summed E-state index contributed by atoms with van der Waals surface area (Å²) in [6, 6.07) is 0. The maximum Gasteiger partial charge on any atom is 0.136 e. The smallest absolute Gasteiger partial charge is 0.136 e. The standard InChI is InChI=1S/C15H20O/c16-15-6-14-10-2-7-1-9-12(10)4-8(15)5-13(9)11(14)3-7/h7-14H,1-6H2. The zero-order valence-electron chi connectivity index (χ0n) is 9.77. The molecule has 8 bridgehead atoms. The van der Waals surface area contributed by atoms with E-state index in [2.05, 4.69) is 0 Å². The van der Waals surface area contributed by atoms with E-state index in [4.69, 9.17) is 0 Å². The Bertz CT molecular complexity index is 350. The summed E-state index contributed by atoms with van der Waals surface area (Å²) < 4.78 is 0. The number of rotatable bonds is 0. The number of ketones is 1. The van der Waals surface area contributed by atoms with Crippen LogP contribution in [-0.4, -0.2) is 5.78 Å². The number of Topliss-reactive ketones (excluding diaryl/α,β-unsaturated/α-hetero) is 1. The molecule has 7 rings (SSSR count). The number of carbonyl (C=O) groups excluding carboxylic acids is 1. The minimum Gasteiger partial charge on any atom is -0.299 e. The van der Waals surface area contributed by atoms with Crippen molar-refractivity contribution in [3.05, 3.63) is 0 Å². The Hall–Kier alpha value is -0.330. The Balaban J connectivity index is 1.70. The van der Waals surface area contributed by atoms with Crippen LogP contribution in [-0.2, 0) is 4.79 Å². The molecule has 4 unspecified atom stereocenters. The van der Waals surface area contributed by atoms with Crippen LogP contribution in [0.3, 0.4) is 0 Å². The molecule has 7 saturated carbocycles. The van der Waals surface area contributed by atoms with E-state index in [1.54, 1.807) is 0 Å². The summed E-state index contributed by atoms with van der Waals surface area (Å²) in [5, 5.41) is 0. The first-order chi connectivity index (χ1) is 7.81. The lowest BCUT2D eigenvalue weighted by Crippen LogP contribution is -2.56. The minimum atomic E-state index is 0.499. The van der Waals surface area contributed by atoms with E-state index in [1.165, 1.54) is 32.1 Å². The van der Waals surface area contributed by atoms with Gasteiger partial charge in [-0.25, -0.2) is 0 Å². The maximum atomic E-state index is 12.2. The predicted molar refractivity (Wildman–Crippen MR) is 60.6 cm³/mol. The van der Waals surface area contributed by atoms with Gasteiger partial charge in [0.1, 0.15) is 5.78 Å². The van der Waals surface area contributed by atoms with Gasteiger partial charge in [0.25, 0.3) is 0 Å². The van der Waals surface area contributed by atoms with Crippen molar-refractivity contribution in [3.63, 3.8) is 0 Å². The highest BCUT2D eigenvalue weighted by Gasteiger charge is 2.62. The quantitative estimate of drug-likeness (QED) is 0.608. The fourth-order valence-corrected chi connectivity index (χ4v) is 6.81. The Morgan fingerprint density at radius 2 is 1.19 bits per heavy atom. The van der Waals surface area contributed by atoms with Crippen LogP contribution in [0.2, 0.25) is 0 Å². The molecule has 1 heteroatoms. The van der Waals surface area contributed by atoms with Crippen LogP contribution in [0.4, 0.5) is 0 Å². The molecule has 0 aromatic carbocycles. The van der Waals surface area contributed by atoms with Gasteiger partial charge < -0.3 is 0 Å². The van der Waals surface area contributed by atoms with Gasteiger partial charge in [-0.05, 0) is 73.5 Å². The lowest BCUT2D eigenvalue weighted by molar-refractivity contribution is -0.147. The van der Waals surface area contributed by atoms with Crippen LogP contribution >= 0.6 is 0 Å². The molecule has 4 atom stereocenters. The van der Waals surface area contributed by atoms with E-state index >= 15 is 0 Å². The van der Waals surface area contributed by atoms with Gasteiger partial charge in [-0.3, -0.25) is 4.79 Å². The average molecular weight is 216 g/mol. The van der Waals surface area contributed by atoms with Crippen molar-refractivity contribution in [3.8, 4) is 0 Å². The fourth-order valence-electron chi connectivity index (χ4n) is 6.81. The van der Waals surface area contributed by atoms with Crippen molar-refractivity contribution in [1.29, 1.82) is 0 Å². The van der Waals surface area contributed by atoms with Crippen molar-refractivity contribution in [2.24, 2.45) is 47.3 Å². The second-order valence-electron chi connectivity index (χ2n) is 7.40. The van der Waals surface area contributed by atoms with Gasteiger partial charge in [-0.1, -0.05) is 0 Å². The molecule has 86 valence electrons. The van der Waals surface area contributed by atoms with Crippen LogP contribution in [0.5, 0.6) is 0 Å². The molecule has 0 N–H and O–H groups in total. The summed E-state index contributed by atoms with van der Waals surface area (Å²) in [7, 11) is 0. The zero-order chi connectivity index (χ0) is 10.4. The van der Waals surface area contributed by atoms with Gasteiger partial charge in [0.2, 0.25) is 0 Å². The molecule has 0 aromatic rings. The van der Waals surface area contributed by atoms with E-state index in [-0.39, 0.29) is 0 Å². The molecular weight excluding hydrogens is 196 g/mol. The number of hydrogen-bond donors (Lipinski definition) is 0. The van der Waals surface area contributed by atoms with Crippen molar-refractivity contribution in [1.82, 2.24) is 0 Å². The molecule has 0 heterocycles. The topological polar surface area (TPSA) is 17.1 Å². The van der Waals surface area contributed by atoms with Crippen LogP contribution in [0, 0.1) is 47.3 Å². The third-order valence-corrected chi connectivity index (χ3v) is 7.12. The summed E-state index contributed by atoms with van der Waals surface area (Å²) in [4.78, 5) is 12.2. The second-order valence-corrected chi connectivity index (χ2v) is 7.40. The van der Waals surface area contributed by atoms with Crippen LogP contribution in [0.15, 0.2) is 0 Å². The summed E-state index contributed by atoms with van der Waals surface area (Å²) >= 11 is 0. The van der Waals surface area contributed by atoms with Gasteiger partial charge in [-0.2, -0.15) is 0 Å². The Labute approximate surface area is 97.0 Å². The number of hydrogen-bond acceptors (Lipinski definition) is 1. The van der Waals surface area contributed by atoms with E-state index in [1.807, 2.05) is 0 Å². The highest BCUT2D eigenvalue weighted by molar-refractivity contribution is 5.82. The third-order valence-electron chi connectivity index (χ3n) is 7.12. The molecule has 0 spiro atoms. The lowest BCUT2D eigenvalue weighted by atomic mass is 9.41. The van der Waals surface area contributed by atoms with Gasteiger partial charge in [0.05, 0.1) is 0 Å². The Morgan fingerprint density at radius 1 is 0.688 bits per heavy atom. The first kappa shape index (κ1) is 8.72. The van der Waals surface area contributed by atoms with Crippen molar-refractivity contribution in [2.75, 3.05) is 0 Å². The van der Waals surface area contributed by atoms with Crippen molar-refractivity contribution < 1.29 is 4.79 Å². The molecular formula is C15H20O. The third kappa shape index (κ3) is 0.822. The van der Waals surface area contributed by atoms with Crippen molar-refractivity contribution in [2.45, 2.75) is 38.5 Å². The summed E-state index contributed by atoms with van der Waals surface area (Å²) in [5.74, 6) is 8.03. The maximum absolute atomic E-state index is 12.2. The van der Waals surface area contributed by atoms with Crippen LogP contribution in [0.25, 0.3) is 0 Å². The second kappa shape index (κ2) is 2.57. The van der Waals surface area contributed by atoms with Gasteiger partial charge in [-0.15, -0.1) is 0 Å². The normalized spacial score (nSPS) is 65.4. The Morgan fingerprint density at radius 3 is 1.81 bits per heavy atom. The largest absolute Gasteiger partial charge is 0.299 e. The first-order valence-corrected chi connectivity index (χ1v) is 7.34. The highest BCUT2D eigenvalue weighted by Crippen LogP contribution is 2.68. The molecule has 7 aliphatic carbocycles. The molecule has 0 aliphatic heterocycles. The molecule has 7 aliphatic rings. The Kier molecular flexibility index (Phi) is 1.40. The molecule has 1 nitrogen and oxygen atoms in total. The van der Waals surface area contributed by atoms with Crippen LogP contribution < -0.4 is 0 Å². The highest BCUT2D eigenvalue weighted by atomic mass is 16.1. The first-order valence-electron chi connectivity index (χ1n) is 7.34. The summed E-state index contributed by atoms with van der Waals surface area (Å²) in [6.45, 7) is 0. The molecule has 0 amide bonds. The average Bonchev–Trinajstić information content (AvgIpc) is 2.50. The molecule has 16 heavy (non-hydrogen) atoms. The molecule has 0 aromatic heterocycles. The SMILES string of the molecule is O=C1CC2C3CC4CC2C2CC1CC3C2C4. The van der Waals surface area contributed by atoms with Gasteiger partial charge in [0.15, 0.2) is 0 Å². The summed E-state index contributed by atoms with van der Waals surface area (Å²) in [6.07, 6.45) is 8.09. The molecule has 0 saturated heterocycles. The van der Waals surface area contributed by atoms with Crippen LogP contribution in [0.1, 0.15) is 38.5 Å².